The molecule has 2 saturated heterocycles. The Hall–Kier alpha value is -3.48. The van der Waals surface area contributed by atoms with E-state index in [2.05, 4.69) is 0 Å². The summed E-state index contributed by atoms with van der Waals surface area (Å²) in [5, 5.41) is 21.1. The van der Waals surface area contributed by atoms with Crippen molar-refractivity contribution in [3.05, 3.63) is 144 Å². The van der Waals surface area contributed by atoms with Crippen molar-refractivity contribution in [2.45, 2.75) is 89.5 Å². The Labute approximate surface area is 301 Å². The highest BCUT2D eigenvalue weighted by atomic mass is 16.8. The van der Waals surface area contributed by atoms with E-state index in [-0.39, 0.29) is 25.0 Å². The summed E-state index contributed by atoms with van der Waals surface area (Å²) in [7, 11) is 0. The number of aliphatic hydroxyl groups excluding tert-OH is 2. The van der Waals surface area contributed by atoms with Gasteiger partial charge in [0.25, 0.3) is 0 Å². The summed E-state index contributed by atoms with van der Waals surface area (Å²) in [5.41, 5.74) is 4.03. The molecule has 9 heteroatoms. The average Bonchev–Trinajstić information content (AvgIpc) is 3.18. The Morgan fingerprint density at radius 3 is 1.20 bits per heavy atom. The van der Waals surface area contributed by atoms with Crippen molar-refractivity contribution in [1.82, 2.24) is 0 Å². The second-order valence-electron chi connectivity index (χ2n) is 13.4. The number of rotatable bonds is 16. The van der Waals surface area contributed by atoms with Gasteiger partial charge in [-0.15, -0.1) is 0 Å². The van der Waals surface area contributed by atoms with E-state index in [1.165, 1.54) is 0 Å². The summed E-state index contributed by atoms with van der Waals surface area (Å²) in [5.74, 6) is -0.571. The van der Waals surface area contributed by atoms with Gasteiger partial charge in [-0.25, -0.2) is 0 Å². The summed E-state index contributed by atoms with van der Waals surface area (Å²) in [6, 6.07) is 39.7. The van der Waals surface area contributed by atoms with E-state index in [9.17, 15) is 10.2 Å². The molecule has 4 aromatic rings. The van der Waals surface area contributed by atoms with E-state index < -0.39 is 49.2 Å². The zero-order valence-electron chi connectivity index (χ0n) is 29.3. The summed E-state index contributed by atoms with van der Waals surface area (Å²) >= 11 is 0. The first kappa shape index (κ1) is 37.3. The topological polar surface area (TPSA) is 105 Å². The van der Waals surface area contributed by atoms with Gasteiger partial charge in [0, 0.05) is 11.8 Å². The first-order valence-electron chi connectivity index (χ1n) is 17.8. The van der Waals surface area contributed by atoms with Crippen molar-refractivity contribution < 1.29 is 43.4 Å². The van der Waals surface area contributed by atoms with Crippen LogP contribution in [0, 0.1) is 11.8 Å². The van der Waals surface area contributed by atoms with Crippen molar-refractivity contribution in [2.24, 2.45) is 11.8 Å². The molecular formula is C42H50O9. The fourth-order valence-corrected chi connectivity index (χ4v) is 6.77. The van der Waals surface area contributed by atoms with Gasteiger partial charge in [0.15, 0.2) is 12.6 Å². The molecule has 0 aromatic heterocycles. The average molecular weight is 699 g/mol. The number of hydrogen-bond acceptors (Lipinski definition) is 9. The molecule has 6 rings (SSSR count). The molecule has 10 atom stereocenters. The van der Waals surface area contributed by atoms with Crippen molar-refractivity contribution in [1.29, 1.82) is 0 Å². The van der Waals surface area contributed by atoms with Crippen LogP contribution < -0.4 is 0 Å². The predicted octanol–water partition coefficient (Wildman–Crippen LogP) is 6.05. The summed E-state index contributed by atoms with van der Waals surface area (Å²) in [4.78, 5) is 0. The first-order chi connectivity index (χ1) is 25.0. The van der Waals surface area contributed by atoms with Gasteiger partial charge in [-0.1, -0.05) is 135 Å². The molecule has 2 heterocycles. The normalized spacial score (nSPS) is 29.5. The van der Waals surface area contributed by atoms with Crippen LogP contribution in [0.25, 0.3) is 0 Å². The maximum Gasteiger partial charge on any atom is 0.189 e. The zero-order chi connectivity index (χ0) is 35.4. The Balaban J connectivity index is 1.25. The van der Waals surface area contributed by atoms with E-state index in [1.807, 2.05) is 135 Å². The Morgan fingerprint density at radius 2 is 0.784 bits per heavy atom. The Kier molecular flexibility index (Phi) is 13.8. The van der Waals surface area contributed by atoms with Gasteiger partial charge in [-0.3, -0.25) is 0 Å². The molecule has 0 bridgehead atoms. The fourth-order valence-electron chi connectivity index (χ4n) is 6.77. The van der Waals surface area contributed by atoms with Crippen LogP contribution in [0.1, 0.15) is 36.1 Å². The Morgan fingerprint density at radius 1 is 0.431 bits per heavy atom. The third kappa shape index (κ3) is 9.90. The highest BCUT2D eigenvalue weighted by Crippen LogP contribution is 2.37. The second-order valence-corrected chi connectivity index (χ2v) is 13.4. The molecule has 2 aliphatic rings. The van der Waals surface area contributed by atoms with Crippen LogP contribution in [-0.4, -0.2) is 72.6 Å². The molecule has 9 nitrogen and oxygen atoms in total. The second kappa shape index (κ2) is 18.8. The minimum absolute atomic E-state index is 0.216. The molecule has 0 spiro atoms. The SMILES string of the molecule is CC1C(OCc2ccccc2)[C@H](OCc2ccccc2)C(CO)O[C@@H]1O[C@H]1OC(CO)[C@@H](C)[C@H](OCc2ccccc2)C1OCc1ccccc1. The quantitative estimate of drug-likeness (QED) is 0.145. The smallest absolute Gasteiger partial charge is 0.189 e. The molecule has 0 saturated carbocycles. The van der Waals surface area contributed by atoms with Crippen molar-refractivity contribution in [3.8, 4) is 0 Å². The Bertz CT molecular complexity index is 1540. The van der Waals surface area contributed by atoms with Gasteiger partial charge < -0.3 is 43.4 Å². The molecule has 272 valence electrons. The lowest BCUT2D eigenvalue weighted by Crippen LogP contribution is -2.61. The molecule has 0 amide bonds. The summed E-state index contributed by atoms with van der Waals surface area (Å²) in [6.45, 7) is 4.77. The van der Waals surface area contributed by atoms with Crippen molar-refractivity contribution in [3.63, 3.8) is 0 Å². The predicted molar refractivity (Wildman–Crippen MR) is 191 cm³/mol. The molecule has 4 aromatic carbocycles. The van der Waals surface area contributed by atoms with Gasteiger partial charge in [0.1, 0.15) is 18.3 Å². The van der Waals surface area contributed by atoms with E-state index >= 15 is 0 Å². The van der Waals surface area contributed by atoms with Crippen LogP contribution in [0.15, 0.2) is 121 Å². The van der Waals surface area contributed by atoms with Gasteiger partial charge in [-0.2, -0.15) is 0 Å². The standard InChI is InChI=1S/C42H50O9/c1-29-35(23-43)49-42(40(48-28-34-21-13-6-14-22-34)37(29)45-25-31-15-7-3-8-16-31)51-41-30(2)38(46-26-32-17-9-4-10-18-32)39(36(24-44)50-41)47-27-33-19-11-5-12-20-33/h3-22,29-30,35-44H,23-28H2,1-2H3/t29-,30?,35?,36?,37+,38?,39-,40?,41-,42-/m1/s1. The molecule has 2 aliphatic heterocycles. The molecule has 2 N–H and O–H groups in total. The van der Waals surface area contributed by atoms with Crippen LogP contribution in [0.5, 0.6) is 0 Å². The van der Waals surface area contributed by atoms with Crippen LogP contribution in [-0.2, 0) is 59.6 Å². The van der Waals surface area contributed by atoms with Gasteiger partial charge in [-0.05, 0) is 22.3 Å². The zero-order valence-corrected chi connectivity index (χ0v) is 29.3. The summed E-state index contributed by atoms with van der Waals surface area (Å²) in [6.07, 6.45) is -5.41. The van der Waals surface area contributed by atoms with Crippen LogP contribution >= 0.6 is 0 Å². The van der Waals surface area contributed by atoms with Crippen molar-refractivity contribution in [2.75, 3.05) is 13.2 Å². The van der Waals surface area contributed by atoms with E-state index in [4.69, 9.17) is 33.2 Å². The maximum atomic E-state index is 10.6. The third-order valence-corrected chi connectivity index (χ3v) is 9.72. The van der Waals surface area contributed by atoms with Crippen LogP contribution in [0.3, 0.4) is 0 Å². The van der Waals surface area contributed by atoms with Crippen LogP contribution in [0.4, 0.5) is 0 Å². The number of benzene rings is 4. The maximum absolute atomic E-state index is 10.6. The highest BCUT2D eigenvalue weighted by Gasteiger charge is 2.51. The van der Waals surface area contributed by atoms with E-state index in [0.717, 1.165) is 22.3 Å². The minimum Gasteiger partial charge on any atom is -0.394 e. The van der Waals surface area contributed by atoms with Gasteiger partial charge in [0.2, 0.25) is 0 Å². The summed E-state index contributed by atoms with van der Waals surface area (Å²) < 4.78 is 45.9. The van der Waals surface area contributed by atoms with Crippen LogP contribution in [0.2, 0.25) is 0 Å². The number of aliphatic hydroxyl groups is 2. The first-order valence-corrected chi connectivity index (χ1v) is 17.8. The largest absolute Gasteiger partial charge is 0.394 e. The molecule has 51 heavy (non-hydrogen) atoms. The third-order valence-electron chi connectivity index (χ3n) is 9.72. The lowest BCUT2D eigenvalue weighted by molar-refractivity contribution is -0.376. The highest BCUT2D eigenvalue weighted by molar-refractivity contribution is 5.16. The molecule has 0 aliphatic carbocycles. The molecule has 0 radical (unpaired) electrons. The minimum atomic E-state index is -0.966. The van der Waals surface area contributed by atoms with Gasteiger partial charge >= 0.3 is 0 Å². The number of hydrogen-bond donors (Lipinski definition) is 2. The molecular weight excluding hydrogens is 648 g/mol. The monoisotopic (exact) mass is 698 g/mol. The van der Waals surface area contributed by atoms with Gasteiger partial charge in [0.05, 0.1) is 58.0 Å². The lowest BCUT2D eigenvalue weighted by Gasteiger charge is -2.49. The number of ether oxygens (including phenoxy) is 7. The van der Waals surface area contributed by atoms with E-state index in [1.54, 1.807) is 0 Å². The molecule has 5 unspecified atom stereocenters. The fraction of sp³-hybridized carbons (Fsp3) is 0.429. The lowest BCUT2D eigenvalue weighted by atomic mass is 9.89. The van der Waals surface area contributed by atoms with E-state index in [0.29, 0.717) is 26.4 Å². The van der Waals surface area contributed by atoms with Crippen molar-refractivity contribution >= 4 is 0 Å². The molecule has 2 fully saturated rings.